The fraction of sp³-hybridized carbons (Fsp3) is 0.300. The Morgan fingerprint density at radius 2 is 1.93 bits per heavy atom. The lowest BCUT2D eigenvalue weighted by Gasteiger charge is -2.25. The van der Waals surface area contributed by atoms with Gasteiger partial charge in [0.05, 0.1) is 18.9 Å². The van der Waals surface area contributed by atoms with Crippen molar-refractivity contribution in [3.8, 4) is 11.5 Å². The van der Waals surface area contributed by atoms with E-state index in [1.54, 1.807) is 29.4 Å². The van der Waals surface area contributed by atoms with Crippen molar-refractivity contribution in [1.82, 2.24) is 19.9 Å². The van der Waals surface area contributed by atoms with Gasteiger partial charge in [0.1, 0.15) is 21.8 Å². The van der Waals surface area contributed by atoms with E-state index in [0.29, 0.717) is 11.6 Å². The van der Waals surface area contributed by atoms with Gasteiger partial charge in [0.15, 0.2) is 10.8 Å². The number of benzene rings is 1. The number of nitrogens with zero attached hydrogens (tertiary/aromatic N) is 5. The molecule has 4 heterocycles. The summed E-state index contributed by atoms with van der Waals surface area (Å²) in [5.74, 6) is 2.16. The van der Waals surface area contributed by atoms with Crippen LogP contribution in [-0.4, -0.2) is 46.2 Å². The summed E-state index contributed by atoms with van der Waals surface area (Å²) in [5.41, 5.74) is 2.66. The highest BCUT2D eigenvalue weighted by Crippen LogP contribution is 2.35. The first-order chi connectivity index (χ1) is 14.3. The predicted molar refractivity (Wildman–Crippen MR) is 114 cm³/mol. The molecule has 0 bridgehead atoms. The first-order valence-electron chi connectivity index (χ1n) is 9.36. The maximum Gasteiger partial charge on any atom is 0.226 e. The van der Waals surface area contributed by atoms with E-state index in [0.717, 1.165) is 63.8 Å². The monoisotopic (exact) mass is 425 g/mol. The van der Waals surface area contributed by atoms with Gasteiger partial charge in [-0.2, -0.15) is 4.98 Å². The number of hydrogen-bond acceptors (Lipinski definition) is 9. The number of morpholine rings is 1. The van der Waals surface area contributed by atoms with Crippen LogP contribution >= 0.6 is 23.1 Å². The third-order valence-electron chi connectivity index (χ3n) is 4.69. The average molecular weight is 426 g/mol. The Balaban J connectivity index is 1.37. The fourth-order valence-corrected chi connectivity index (χ4v) is 5.26. The van der Waals surface area contributed by atoms with Gasteiger partial charge in [0.2, 0.25) is 5.89 Å². The lowest BCUT2D eigenvalue weighted by atomic mass is 10.2. The van der Waals surface area contributed by atoms with E-state index in [1.807, 2.05) is 37.3 Å². The number of aromatic nitrogens is 4. The molecule has 7 nitrogen and oxygen atoms in total. The summed E-state index contributed by atoms with van der Waals surface area (Å²) in [7, 11) is 0. The highest BCUT2D eigenvalue weighted by molar-refractivity contribution is 7.98. The van der Waals surface area contributed by atoms with Crippen LogP contribution in [0.1, 0.15) is 11.5 Å². The van der Waals surface area contributed by atoms with Gasteiger partial charge < -0.3 is 14.1 Å². The average Bonchev–Trinajstić information content (AvgIpc) is 3.37. The van der Waals surface area contributed by atoms with Crippen molar-refractivity contribution in [2.24, 2.45) is 0 Å². The first-order valence-corrected chi connectivity index (χ1v) is 11.2. The largest absolute Gasteiger partial charge is 0.441 e. The Labute approximate surface area is 176 Å². The van der Waals surface area contributed by atoms with Crippen LogP contribution in [0.25, 0.3) is 21.8 Å². The van der Waals surface area contributed by atoms with Crippen molar-refractivity contribution in [3.63, 3.8) is 0 Å². The molecule has 5 rings (SSSR count). The zero-order chi connectivity index (χ0) is 19.6. The molecule has 148 valence electrons. The van der Waals surface area contributed by atoms with E-state index in [-0.39, 0.29) is 0 Å². The Morgan fingerprint density at radius 3 is 2.76 bits per heavy atom. The molecule has 3 aromatic heterocycles. The Bertz CT molecular complexity index is 1120. The summed E-state index contributed by atoms with van der Waals surface area (Å²) in [5, 5.41) is 1.91. The molecule has 0 radical (unpaired) electrons. The molecular weight excluding hydrogens is 406 g/mol. The number of rotatable bonds is 5. The smallest absolute Gasteiger partial charge is 0.226 e. The topological polar surface area (TPSA) is 77.2 Å². The number of oxazole rings is 1. The van der Waals surface area contributed by atoms with Crippen LogP contribution in [0.2, 0.25) is 0 Å². The van der Waals surface area contributed by atoms with E-state index in [2.05, 4.69) is 19.9 Å². The number of thioether (sulfide) groups is 1. The Morgan fingerprint density at radius 1 is 1.10 bits per heavy atom. The minimum Gasteiger partial charge on any atom is -0.441 e. The summed E-state index contributed by atoms with van der Waals surface area (Å²) in [6.07, 6.45) is 1.58. The van der Waals surface area contributed by atoms with Crippen LogP contribution in [-0.2, 0) is 10.5 Å². The van der Waals surface area contributed by atoms with Gasteiger partial charge in [-0.25, -0.2) is 15.0 Å². The van der Waals surface area contributed by atoms with E-state index >= 15 is 0 Å². The molecule has 1 aliphatic rings. The highest BCUT2D eigenvalue weighted by atomic mass is 32.2. The maximum absolute atomic E-state index is 5.87. The summed E-state index contributed by atoms with van der Waals surface area (Å²) in [4.78, 5) is 20.5. The van der Waals surface area contributed by atoms with Gasteiger partial charge in [-0.05, 0) is 19.1 Å². The van der Waals surface area contributed by atoms with Gasteiger partial charge in [-0.15, -0.1) is 0 Å². The lowest BCUT2D eigenvalue weighted by molar-refractivity contribution is 0.122. The minimum absolute atomic E-state index is 0.652. The van der Waals surface area contributed by atoms with E-state index < -0.39 is 0 Å². The van der Waals surface area contributed by atoms with E-state index in [1.165, 1.54) is 0 Å². The van der Waals surface area contributed by atoms with Crippen molar-refractivity contribution in [2.75, 3.05) is 31.2 Å². The molecule has 1 fully saturated rings. The predicted octanol–water partition coefficient (Wildman–Crippen LogP) is 4.18. The van der Waals surface area contributed by atoms with Gasteiger partial charge in [-0.1, -0.05) is 41.3 Å². The van der Waals surface area contributed by atoms with Gasteiger partial charge in [0, 0.05) is 24.4 Å². The third-order valence-corrected chi connectivity index (χ3v) is 6.93. The number of fused-ring (bicyclic) bond motifs is 1. The zero-order valence-corrected chi connectivity index (χ0v) is 17.5. The molecule has 0 amide bonds. The Kier molecular flexibility index (Phi) is 5.17. The second-order valence-corrected chi connectivity index (χ2v) is 8.55. The zero-order valence-electron chi connectivity index (χ0n) is 15.9. The molecule has 4 aromatic rings. The van der Waals surface area contributed by atoms with Crippen molar-refractivity contribution >= 4 is 38.6 Å². The van der Waals surface area contributed by atoms with Crippen LogP contribution in [0.15, 0.2) is 46.1 Å². The van der Waals surface area contributed by atoms with Crippen molar-refractivity contribution in [1.29, 1.82) is 0 Å². The molecule has 0 atom stereocenters. The molecule has 1 aromatic carbocycles. The second-order valence-electron chi connectivity index (χ2n) is 6.60. The number of thiazole rings is 1. The highest BCUT2D eigenvalue weighted by Gasteiger charge is 2.19. The van der Waals surface area contributed by atoms with Gasteiger partial charge in [0.25, 0.3) is 0 Å². The number of ether oxygens (including phenoxy) is 1. The lowest BCUT2D eigenvalue weighted by Crippen LogP contribution is -2.36. The fourth-order valence-electron chi connectivity index (χ4n) is 3.12. The quantitative estimate of drug-likeness (QED) is 0.348. The molecule has 0 N–H and O–H groups in total. The molecule has 1 saturated heterocycles. The van der Waals surface area contributed by atoms with Crippen LogP contribution < -0.4 is 4.90 Å². The van der Waals surface area contributed by atoms with Gasteiger partial charge >= 0.3 is 0 Å². The van der Waals surface area contributed by atoms with Crippen LogP contribution in [0, 0.1) is 6.92 Å². The molecule has 0 spiro atoms. The third kappa shape index (κ3) is 3.85. The van der Waals surface area contributed by atoms with E-state index in [9.17, 15) is 0 Å². The van der Waals surface area contributed by atoms with Crippen LogP contribution in [0.5, 0.6) is 0 Å². The van der Waals surface area contributed by atoms with Crippen molar-refractivity contribution < 1.29 is 9.15 Å². The molecule has 0 unspecified atom stereocenters. The van der Waals surface area contributed by atoms with Crippen molar-refractivity contribution in [3.05, 3.63) is 48.1 Å². The summed E-state index contributed by atoms with van der Waals surface area (Å²) in [6.45, 7) is 5.14. The molecular formula is C20H19N5O2S2. The molecule has 0 saturated carbocycles. The van der Waals surface area contributed by atoms with Crippen LogP contribution in [0.4, 0.5) is 5.13 Å². The maximum atomic E-state index is 5.87. The van der Waals surface area contributed by atoms with Crippen molar-refractivity contribution in [2.45, 2.75) is 17.7 Å². The number of hydrogen-bond donors (Lipinski definition) is 0. The molecule has 1 aliphatic heterocycles. The SMILES string of the molecule is Cc1oc(-c2ccccc2)nc1CSc1ncnc2nc(N3CCOCC3)sc12. The minimum atomic E-state index is 0.652. The molecule has 9 heteroatoms. The standard InChI is InChI=1S/C20H19N5O2S2/c1-13-15(23-18(27-13)14-5-3-2-4-6-14)11-28-19-16-17(21-12-22-19)24-20(29-16)25-7-9-26-10-8-25/h2-6,12H,7-11H2,1H3. The second kappa shape index (κ2) is 8.10. The van der Waals surface area contributed by atoms with E-state index in [4.69, 9.17) is 14.1 Å². The van der Waals surface area contributed by atoms with Crippen LogP contribution in [0.3, 0.4) is 0 Å². The molecule has 0 aliphatic carbocycles. The Hall–Kier alpha value is -2.49. The normalized spacial score (nSPS) is 14.6. The summed E-state index contributed by atoms with van der Waals surface area (Å²) in [6, 6.07) is 9.95. The summed E-state index contributed by atoms with van der Waals surface area (Å²) < 4.78 is 12.3. The number of anilines is 1. The van der Waals surface area contributed by atoms with Gasteiger partial charge in [-0.3, -0.25) is 0 Å². The summed E-state index contributed by atoms with van der Waals surface area (Å²) >= 11 is 3.28. The first kappa shape index (κ1) is 18.5. The number of aryl methyl sites for hydroxylation is 1. The molecule has 29 heavy (non-hydrogen) atoms.